The van der Waals surface area contributed by atoms with Gasteiger partial charge in [0.2, 0.25) is 11.8 Å². The van der Waals surface area contributed by atoms with Gasteiger partial charge in [-0.2, -0.15) is 0 Å². The second-order valence-electron chi connectivity index (χ2n) is 4.41. The van der Waals surface area contributed by atoms with Crippen molar-refractivity contribution >= 4 is 17.8 Å². The molecular formula is C13H20N2O4. The van der Waals surface area contributed by atoms with Crippen LogP contribution in [0.5, 0.6) is 0 Å². The molecule has 0 aliphatic carbocycles. The average Bonchev–Trinajstić information content (AvgIpc) is 2.33. The van der Waals surface area contributed by atoms with Crippen molar-refractivity contribution in [1.82, 2.24) is 10.6 Å². The molecule has 0 rings (SSSR count). The fraction of sp³-hybridized carbons (Fsp3) is 0.615. The maximum atomic E-state index is 12.0. The summed E-state index contributed by atoms with van der Waals surface area (Å²) in [7, 11) is 1.21. The highest BCUT2D eigenvalue weighted by molar-refractivity contribution is 5.90. The van der Waals surface area contributed by atoms with E-state index in [1.54, 1.807) is 13.8 Å². The van der Waals surface area contributed by atoms with Gasteiger partial charge in [-0.15, -0.1) is 12.3 Å². The number of ether oxygens (including phenoxy) is 1. The molecule has 0 aromatic heterocycles. The maximum Gasteiger partial charge on any atom is 0.329 e. The minimum absolute atomic E-state index is 0.0311. The SMILES string of the molecule is C#CC[C@@H](NC(=O)[C@H](NC(C)=O)C(C)C)C(=O)OC. The number of esters is 1. The summed E-state index contributed by atoms with van der Waals surface area (Å²) >= 11 is 0. The molecule has 0 aromatic rings. The lowest BCUT2D eigenvalue weighted by Crippen LogP contribution is -2.53. The first-order chi connectivity index (χ1) is 8.83. The van der Waals surface area contributed by atoms with Crippen LogP contribution >= 0.6 is 0 Å². The molecule has 0 fully saturated rings. The van der Waals surface area contributed by atoms with E-state index in [-0.39, 0.29) is 18.2 Å². The Morgan fingerprint density at radius 3 is 2.21 bits per heavy atom. The van der Waals surface area contributed by atoms with Crippen molar-refractivity contribution in [2.45, 2.75) is 39.3 Å². The van der Waals surface area contributed by atoms with E-state index in [0.29, 0.717) is 0 Å². The molecule has 2 N–H and O–H groups in total. The Labute approximate surface area is 113 Å². The number of carbonyl (C=O) groups excluding carboxylic acids is 3. The van der Waals surface area contributed by atoms with Crippen LogP contribution in [0.15, 0.2) is 0 Å². The van der Waals surface area contributed by atoms with Crippen LogP contribution in [-0.2, 0) is 19.1 Å². The van der Waals surface area contributed by atoms with Crippen molar-refractivity contribution in [3.63, 3.8) is 0 Å². The summed E-state index contributed by atoms with van der Waals surface area (Å²) in [6.45, 7) is 4.89. The summed E-state index contributed by atoms with van der Waals surface area (Å²) in [5.74, 6) is 0.781. The average molecular weight is 268 g/mol. The minimum Gasteiger partial charge on any atom is -0.467 e. The largest absolute Gasteiger partial charge is 0.467 e. The number of methoxy groups -OCH3 is 1. The van der Waals surface area contributed by atoms with Crippen LogP contribution in [0.1, 0.15) is 27.2 Å². The number of hydrogen-bond donors (Lipinski definition) is 2. The predicted octanol–water partition coefficient (Wildman–Crippen LogP) is -0.172. The van der Waals surface area contributed by atoms with Crippen molar-refractivity contribution in [3.8, 4) is 12.3 Å². The van der Waals surface area contributed by atoms with Gasteiger partial charge in [0, 0.05) is 13.3 Å². The van der Waals surface area contributed by atoms with Crippen molar-refractivity contribution in [1.29, 1.82) is 0 Å². The van der Waals surface area contributed by atoms with Crippen LogP contribution in [0.2, 0.25) is 0 Å². The molecule has 106 valence electrons. The summed E-state index contributed by atoms with van der Waals surface area (Å²) < 4.78 is 4.55. The van der Waals surface area contributed by atoms with Gasteiger partial charge in [0.15, 0.2) is 0 Å². The summed E-state index contributed by atoms with van der Waals surface area (Å²) in [6.07, 6.45) is 5.17. The Morgan fingerprint density at radius 2 is 1.84 bits per heavy atom. The first kappa shape index (κ1) is 17.0. The van der Waals surface area contributed by atoms with Crippen molar-refractivity contribution in [2.75, 3.05) is 7.11 Å². The van der Waals surface area contributed by atoms with Gasteiger partial charge in [-0.25, -0.2) is 4.79 Å². The standard InChI is InChI=1S/C13H20N2O4/c1-6-7-10(13(18)19-5)15-12(17)11(8(2)3)14-9(4)16/h1,8,10-11H,7H2,2-5H3,(H,14,16)(H,15,17)/t10-,11-/m1/s1. The number of hydrogen-bond acceptors (Lipinski definition) is 4. The third-order valence-corrected chi connectivity index (χ3v) is 2.43. The fourth-order valence-electron chi connectivity index (χ4n) is 1.47. The lowest BCUT2D eigenvalue weighted by atomic mass is 10.0. The molecule has 0 saturated heterocycles. The highest BCUT2D eigenvalue weighted by atomic mass is 16.5. The second-order valence-corrected chi connectivity index (χ2v) is 4.41. The zero-order valence-electron chi connectivity index (χ0n) is 11.6. The van der Waals surface area contributed by atoms with E-state index in [4.69, 9.17) is 6.42 Å². The van der Waals surface area contributed by atoms with E-state index in [9.17, 15) is 14.4 Å². The molecule has 0 aliphatic rings. The summed E-state index contributed by atoms with van der Waals surface area (Å²) in [5.41, 5.74) is 0. The van der Waals surface area contributed by atoms with Crippen LogP contribution < -0.4 is 10.6 Å². The van der Waals surface area contributed by atoms with Crippen LogP contribution in [0, 0.1) is 18.3 Å². The first-order valence-electron chi connectivity index (χ1n) is 5.92. The Kier molecular flexibility index (Phi) is 7.27. The van der Waals surface area contributed by atoms with E-state index in [1.807, 2.05) is 0 Å². The number of nitrogens with one attached hydrogen (secondary N) is 2. The van der Waals surface area contributed by atoms with Gasteiger partial charge in [-0.05, 0) is 5.92 Å². The molecule has 0 unspecified atom stereocenters. The molecule has 19 heavy (non-hydrogen) atoms. The molecule has 0 aromatic carbocycles. The Bertz CT molecular complexity index is 385. The first-order valence-corrected chi connectivity index (χ1v) is 5.92. The molecule has 0 aliphatic heterocycles. The van der Waals surface area contributed by atoms with Crippen molar-refractivity contribution in [3.05, 3.63) is 0 Å². The van der Waals surface area contributed by atoms with Gasteiger partial charge in [0.05, 0.1) is 7.11 Å². The molecular weight excluding hydrogens is 248 g/mol. The van der Waals surface area contributed by atoms with E-state index < -0.39 is 24.0 Å². The third kappa shape index (κ3) is 5.91. The lowest BCUT2D eigenvalue weighted by Gasteiger charge is -2.23. The molecule has 2 atom stereocenters. The van der Waals surface area contributed by atoms with E-state index >= 15 is 0 Å². The van der Waals surface area contributed by atoms with Crippen LogP contribution in [0.3, 0.4) is 0 Å². The smallest absolute Gasteiger partial charge is 0.329 e. The summed E-state index contributed by atoms with van der Waals surface area (Å²) in [5, 5.41) is 5.01. The molecule has 0 saturated carbocycles. The third-order valence-electron chi connectivity index (χ3n) is 2.43. The number of carbonyl (C=O) groups is 3. The van der Waals surface area contributed by atoms with Crippen molar-refractivity contribution in [2.24, 2.45) is 5.92 Å². The number of amides is 2. The fourth-order valence-corrected chi connectivity index (χ4v) is 1.47. The highest BCUT2D eigenvalue weighted by Gasteiger charge is 2.27. The zero-order chi connectivity index (χ0) is 15.0. The molecule has 0 heterocycles. The van der Waals surface area contributed by atoms with Gasteiger partial charge < -0.3 is 15.4 Å². The highest BCUT2D eigenvalue weighted by Crippen LogP contribution is 2.04. The lowest BCUT2D eigenvalue weighted by molar-refractivity contribution is -0.145. The topological polar surface area (TPSA) is 84.5 Å². The van der Waals surface area contributed by atoms with Crippen LogP contribution in [0.25, 0.3) is 0 Å². The summed E-state index contributed by atoms with van der Waals surface area (Å²) in [4.78, 5) is 34.5. The van der Waals surface area contributed by atoms with Gasteiger partial charge in [0.25, 0.3) is 0 Å². The quantitative estimate of drug-likeness (QED) is 0.517. The Hall–Kier alpha value is -2.03. The Balaban J connectivity index is 4.81. The van der Waals surface area contributed by atoms with Crippen LogP contribution in [-0.4, -0.2) is 37.0 Å². The molecule has 6 nitrogen and oxygen atoms in total. The normalized spacial score (nSPS) is 13.1. The monoisotopic (exact) mass is 268 g/mol. The maximum absolute atomic E-state index is 12.0. The van der Waals surface area contributed by atoms with Gasteiger partial charge >= 0.3 is 5.97 Å². The Morgan fingerprint density at radius 1 is 1.26 bits per heavy atom. The molecule has 6 heteroatoms. The molecule has 0 spiro atoms. The van der Waals surface area contributed by atoms with E-state index in [1.165, 1.54) is 14.0 Å². The molecule has 0 radical (unpaired) electrons. The predicted molar refractivity (Wildman–Crippen MR) is 69.8 cm³/mol. The van der Waals surface area contributed by atoms with Crippen LogP contribution in [0.4, 0.5) is 0 Å². The zero-order valence-corrected chi connectivity index (χ0v) is 11.6. The van der Waals surface area contributed by atoms with Crippen molar-refractivity contribution < 1.29 is 19.1 Å². The summed E-state index contributed by atoms with van der Waals surface area (Å²) in [6, 6.07) is -1.63. The minimum atomic E-state index is -0.905. The van der Waals surface area contributed by atoms with Gasteiger partial charge in [-0.1, -0.05) is 13.8 Å². The van der Waals surface area contributed by atoms with E-state index in [0.717, 1.165) is 0 Å². The van der Waals surface area contributed by atoms with Gasteiger partial charge in [-0.3, -0.25) is 9.59 Å². The van der Waals surface area contributed by atoms with E-state index in [2.05, 4.69) is 21.3 Å². The van der Waals surface area contributed by atoms with Gasteiger partial charge in [0.1, 0.15) is 12.1 Å². The number of rotatable bonds is 6. The number of terminal acetylenes is 1. The molecule has 0 bridgehead atoms. The molecule has 2 amide bonds. The second kappa shape index (κ2) is 8.14.